The van der Waals surface area contributed by atoms with E-state index in [-0.39, 0.29) is 36.8 Å². The molecule has 2 nitrogen and oxygen atoms in total. The zero-order valence-corrected chi connectivity index (χ0v) is 13.8. The van der Waals surface area contributed by atoms with Gasteiger partial charge in [-0.2, -0.15) is 0 Å². The fourth-order valence-corrected chi connectivity index (χ4v) is 4.37. The van der Waals surface area contributed by atoms with Gasteiger partial charge in [0.1, 0.15) is 0 Å². The highest BCUT2D eigenvalue weighted by molar-refractivity contribution is 6.18. The van der Waals surface area contributed by atoms with Gasteiger partial charge in [0.2, 0.25) is 11.8 Å². The van der Waals surface area contributed by atoms with Crippen molar-refractivity contribution >= 4 is 17.5 Å². The summed E-state index contributed by atoms with van der Waals surface area (Å²) in [5.41, 5.74) is 1.02. The summed E-state index contributed by atoms with van der Waals surface area (Å²) < 4.78 is 26.9. The van der Waals surface area contributed by atoms with E-state index in [1.54, 1.807) is 0 Å². The molecule has 1 aliphatic carbocycles. The van der Waals surface area contributed by atoms with Crippen molar-refractivity contribution in [2.75, 3.05) is 5.88 Å². The van der Waals surface area contributed by atoms with E-state index in [1.807, 2.05) is 35.2 Å². The van der Waals surface area contributed by atoms with E-state index < -0.39 is 5.92 Å². The topological polar surface area (TPSA) is 20.3 Å². The molecule has 0 unspecified atom stereocenters. The summed E-state index contributed by atoms with van der Waals surface area (Å²) in [5.74, 6) is -1.94. The summed E-state index contributed by atoms with van der Waals surface area (Å²) >= 11 is 6.18. The Labute approximate surface area is 140 Å². The Balaban J connectivity index is 1.79. The molecule has 2 fully saturated rings. The lowest BCUT2D eigenvalue weighted by Crippen LogP contribution is -2.43. The first-order valence-corrected chi connectivity index (χ1v) is 8.85. The Morgan fingerprint density at radius 3 is 2.43 bits per heavy atom. The van der Waals surface area contributed by atoms with Crippen LogP contribution in [0.3, 0.4) is 0 Å². The summed E-state index contributed by atoms with van der Waals surface area (Å²) in [6.45, 7) is 0. The van der Waals surface area contributed by atoms with Crippen molar-refractivity contribution in [1.29, 1.82) is 0 Å². The maximum absolute atomic E-state index is 13.4. The van der Waals surface area contributed by atoms with Gasteiger partial charge in [-0.05, 0) is 30.7 Å². The van der Waals surface area contributed by atoms with Crippen molar-refractivity contribution in [3.8, 4) is 0 Å². The number of nitrogens with zero attached hydrogens (tertiary/aromatic N) is 1. The summed E-state index contributed by atoms with van der Waals surface area (Å²) in [6, 6.07) is 9.64. The molecule has 2 aliphatic rings. The third-order valence-electron chi connectivity index (χ3n) is 5.27. The molecule has 0 N–H and O–H groups in total. The standard InChI is InChI=1S/C18H22ClF2NO/c19-12-16(13-4-2-1-3-5-13)22-15(6-7-17(22)23)14-8-10-18(20,21)11-9-14/h1-5,14-16H,6-12H2/t15-,16-/m0/s1. The first-order chi connectivity index (χ1) is 11.0. The lowest BCUT2D eigenvalue weighted by molar-refractivity contribution is -0.132. The molecule has 0 spiro atoms. The Morgan fingerprint density at radius 1 is 1.17 bits per heavy atom. The molecule has 1 saturated carbocycles. The molecule has 1 saturated heterocycles. The first-order valence-electron chi connectivity index (χ1n) is 8.32. The minimum atomic E-state index is -2.53. The van der Waals surface area contributed by atoms with Crippen LogP contribution in [-0.4, -0.2) is 28.7 Å². The van der Waals surface area contributed by atoms with Gasteiger partial charge in [-0.25, -0.2) is 8.78 Å². The normalized spacial score (nSPS) is 26.5. The molecule has 1 aliphatic heterocycles. The third-order valence-corrected chi connectivity index (χ3v) is 5.56. The fraction of sp³-hybridized carbons (Fsp3) is 0.611. The van der Waals surface area contributed by atoms with Crippen LogP contribution in [0, 0.1) is 5.92 Å². The molecule has 1 aromatic carbocycles. The molecule has 126 valence electrons. The maximum atomic E-state index is 13.4. The zero-order valence-electron chi connectivity index (χ0n) is 13.1. The fourth-order valence-electron chi connectivity index (χ4n) is 4.04. The minimum Gasteiger partial charge on any atom is -0.331 e. The molecule has 1 heterocycles. The number of halogens is 3. The van der Waals surface area contributed by atoms with Crippen molar-refractivity contribution in [2.24, 2.45) is 5.92 Å². The highest BCUT2D eigenvalue weighted by atomic mass is 35.5. The van der Waals surface area contributed by atoms with Gasteiger partial charge in [0.05, 0.1) is 6.04 Å². The van der Waals surface area contributed by atoms with Gasteiger partial charge in [-0.1, -0.05) is 30.3 Å². The van der Waals surface area contributed by atoms with Gasteiger partial charge >= 0.3 is 0 Å². The maximum Gasteiger partial charge on any atom is 0.248 e. The third kappa shape index (κ3) is 3.52. The second kappa shape index (κ2) is 6.76. The van der Waals surface area contributed by atoms with Crippen molar-refractivity contribution in [2.45, 2.75) is 56.5 Å². The van der Waals surface area contributed by atoms with Crippen LogP contribution in [-0.2, 0) is 4.79 Å². The van der Waals surface area contributed by atoms with Crippen molar-refractivity contribution in [3.63, 3.8) is 0 Å². The van der Waals surface area contributed by atoms with E-state index in [0.29, 0.717) is 25.1 Å². The molecule has 2 atom stereocenters. The number of alkyl halides is 3. The number of carbonyl (C=O) groups excluding carboxylic acids is 1. The Bertz CT molecular complexity index is 541. The number of likely N-dealkylation sites (tertiary alicyclic amines) is 1. The van der Waals surface area contributed by atoms with Crippen LogP contribution in [0.15, 0.2) is 30.3 Å². The minimum absolute atomic E-state index is 0.0440. The lowest BCUT2D eigenvalue weighted by Gasteiger charge is -2.39. The van der Waals surface area contributed by atoms with E-state index in [2.05, 4.69) is 0 Å². The van der Waals surface area contributed by atoms with Gasteiger partial charge in [-0.3, -0.25) is 4.79 Å². The van der Waals surface area contributed by atoms with Crippen molar-refractivity contribution < 1.29 is 13.6 Å². The van der Waals surface area contributed by atoms with Gasteiger partial charge in [0.15, 0.2) is 0 Å². The molecule has 0 aromatic heterocycles. The first kappa shape index (κ1) is 16.7. The van der Waals surface area contributed by atoms with Gasteiger partial charge in [-0.15, -0.1) is 11.6 Å². The van der Waals surface area contributed by atoms with E-state index in [4.69, 9.17) is 11.6 Å². The summed E-state index contributed by atoms with van der Waals surface area (Å²) in [5, 5.41) is 0. The average Bonchev–Trinajstić information content (AvgIpc) is 2.91. The van der Waals surface area contributed by atoms with Crippen LogP contribution >= 0.6 is 11.6 Å². The zero-order chi connectivity index (χ0) is 16.4. The SMILES string of the molecule is O=C1CC[C@@H](C2CCC(F)(F)CC2)N1[C@@H](CCl)c1ccccc1. The second-order valence-electron chi connectivity index (χ2n) is 6.68. The quantitative estimate of drug-likeness (QED) is 0.721. The van der Waals surface area contributed by atoms with Crippen LogP contribution in [0.4, 0.5) is 8.78 Å². The average molecular weight is 342 g/mol. The van der Waals surface area contributed by atoms with Crippen LogP contribution in [0.25, 0.3) is 0 Å². The lowest BCUT2D eigenvalue weighted by atomic mass is 9.81. The van der Waals surface area contributed by atoms with Crippen molar-refractivity contribution in [1.82, 2.24) is 4.90 Å². The summed E-state index contributed by atoms with van der Waals surface area (Å²) in [6.07, 6.45) is 2.11. The van der Waals surface area contributed by atoms with Crippen molar-refractivity contribution in [3.05, 3.63) is 35.9 Å². The molecule has 0 radical (unpaired) electrons. The van der Waals surface area contributed by atoms with Crippen LogP contribution in [0.2, 0.25) is 0 Å². The van der Waals surface area contributed by atoms with Gasteiger partial charge in [0.25, 0.3) is 0 Å². The molecule has 3 rings (SSSR count). The molecule has 23 heavy (non-hydrogen) atoms. The van der Waals surface area contributed by atoms with E-state index in [0.717, 1.165) is 12.0 Å². The second-order valence-corrected chi connectivity index (χ2v) is 6.99. The molecular weight excluding hydrogens is 320 g/mol. The number of benzene rings is 1. The molecule has 5 heteroatoms. The Morgan fingerprint density at radius 2 is 1.83 bits per heavy atom. The Kier molecular flexibility index (Phi) is 4.90. The number of hydrogen-bond acceptors (Lipinski definition) is 1. The number of carbonyl (C=O) groups is 1. The highest BCUT2D eigenvalue weighted by Gasteiger charge is 2.44. The van der Waals surface area contributed by atoms with E-state index >= 15 is 0 Å². The number of amides is 1. The largest absolute Gasteiger partial charge is 0.331 e. The number of rotatable bonds is 4. The molecule has 0 bridgehead atoms. The monoisotopic (exact) mass is 341 g/mol. The predicted octanol–water partition coefficient (Wildman–Crippen LogP) is 4.78. The van der Waals surface area contributed by atoms with E-state index in [9.17, 15) is 13.6 Å². The molecular formula is C18H22ClF2NO. The van der Waals surface area contributed by atoms with Crippen LogP contribution < -0.4 is 0 Å². The van der Waals surface area contributed by atoms with Crippen LogP contribution in [0.1, 0.15) is 50.1 Å². The van der Waals surface area contributed by atoms with E-state index in [1.165, 1.54) is 0 Å². The van der Waals surface area contributed by atoms with Gasteiger partial charge < -0.3 is 4.90 Å². The summed E-state index contributed by atoms with van der Waals surface area (Å²) in [7, 11) is 0. The van der Waals surface area contributed by atoms with Crippen LogP contribution in [0.5, 0.6) is 0 Å². The van der Waals surface area contributed by atoms with Gasteiger partial charge in [0, 0.05) is 31.2 Å². The smallest absolute Gasteiger partial charge is 0.248 e. The number of hydrogen-bond donors (Lipinski definition) is 0. The highest BCUT2D eigenvalue weighted by Crippen LogP contribution is 2.43. The Hall–Kier alpha value is -1.16. The summed E-state index contributed by atoms with van der Waals surface area (Å²) in [4.78, 5) is 14.3. The predicted molar refractivity (Wildman–Crippen MR) is 86.7 cm³/mol. The molecule has 1 amide bonds. The molecule has 1 aromatic rings.